The summed E-state index contributed by atoms with van der Waals surface area (Å²) in [6.45, 7) is 6.39. The molecule has 0 aromatic rings. The van der Waals surface area contributed by atoms with Crippen LogP contribution in [0.15, 0.2) is 0 Å². The molecule has 1 N–H and O–H groups in total. The summed E-state index contributed by atoms with van der Waals surface area (Å²) in [5, 5.41) is 3.60. The normalized spacial score (nSPS) is 31.0. The third-order valence-electron chi connectivity index (χ3n) is 5.31. The second-order valence-electron chi connectivity index (χ2n) is 7.21. The fraction of sp³-hybridized carbons (Fsp3) is 1.00. The van der Waals surface area contributed by atoms with E-state index in [2.05, 4.69) is 17.1 Å². The third kappa shape index (κ3) is 4.92. The van der Waals surface area contributed by atoms with E-state index in [4.69, 9.17) is 9.47 Å². The number of methoxy groups -OCH3 is 1. The zero-order valence-electron chi connectivity index (χ0n) is 13.7. The summed E-state index contributed by atoms with van der Waals surface area (Å²) in [5.74, 6) is 0.913. The molecule has 0 bridgehead atoms. The van der Waals surface area contributed by atoms with Crippen molar-refractivity contribution < 1.29 is 9.47 Å². The van der Waals surface area contributed by atoms with Crippen LogP contribution in [0.2, 0.25) is 0 Å². The third-order valence-corrected chi connectivity index (χ3v) is 5.31. The van der Waals surface area contributed by atoms with Crippen molar-refractivity contribution in [2.75, 3.05) is 33.4 Å². The Morgan fingerprint density at radius 2 is 1.90 bits per heavy atom. The first-order chi connectivity index (χ1) is 10.3. The van der Waals surface area contributed by atoms with Crippen LogP contribution in [0.25, 0.3) is 0 Å². The van der Waals surface area contributed by atoms with Crippen molar-refractivity contribution in [2.24, 2.45) is 5.92 Å². The molecule has 1 aliphatic heterocycles. The molecule has 21 heavy (non-hydrogen) atoms. The lowest BCUT2D eigenvalue weighted by Crippen LogP contribution is -2.42. The quantitative estimate of drug-likeness (QED) is 0.669. The number of ether oxygens (including phenoxy) is 2. The first-order valence-electron chi connectivity index (χ1n) is 8.88. The summed E-state index contributed by atoms with van der Waals surface area (Å²) < 4.78 is 11.5. The van der Waals surface area contributed by atoms with Gasteiger partial charge in [0.25, 0.3) is 0 Å². The number of hydrogen-bond acceptors (Lipinski definition) is 4. The van der Waals surface area contributed by atoms with Gasteiger partial charge in [0.2, 0.25) is 0 Å². The van der Waals surface area contributed by atoms with E-state index in [1.165, 1.54) is 38.5 Å². The largest absolute Gasteiger partial charge is 0.383 e. The molecule has 3 atom stereocenters. The Balaban J connectivity index is 1.41. The van der Waals surface area contributed by atoms with Crippen molar-refractivity contribution in [1.82, 2.24) is 10.2 Å². The fourth-order valence-electron chi connectivity index (χ4n) is 3.46. The molecule has 0 spiro atoms. The minimum absolute atomic E-state index is 0.425. The standard InChI is InChI=1S/C17H32N2O2/c1-13(14-3-4-14)19(9-10-20-2)12-17-8-7-16(21-17)11-18-15-5-6-15/h13-18H,3-12H2,1-2H3. The molecule has 4 heteroatoms. The van der Waals surface area contributed by atoms with Gasteiger partial charge in [-0.15, -0.1) is 0 Å². The van der Waals surface area contributed by atoms with Crippen molar-refractivity contribution in [3.63, 3.8) is 0 Å². The predicted octanol–water partition coefficient (Wildman–Crippen LogP) is 2.03. The maximum absolute atomic E-state index is 6.26. The topological polar surface area (TPSA) is 33.7 Å². The molecule has 0 amide bonds. The van der Waals surface area contributed by atoms with Gasteiger partial charge in [-0.05, 0) is 51.4 Å². The van der Waals surface area contributed by atoms with Gasteiger partial charge in [-0.3, -0.25) is 4.90 Å². The molecule has 0 aromatic carbocycles. The van der Waals surface area contributed by atoms with Crippen LogP contribution in [0.1, 0.15) is 45.4 Å². The Morgan fingerprint density at radius 3 is 2.57 bits per heavy atom. The molecular weight excluding hydrogens is 264 g/mol. The van der Waals surface area contributed by atoms with E-state index < -0.39 is 0 Å². The van der Waals surface area contributed by atoms with Crippen LogP contribution in [0.4, 0.5) is 0 Å². The van der Waals surface area contributed by atoms with E-state index >= 15 is 0 Å². The smallest absolute Gasteiger partial charge is 0.0707 e. The maximum atomic E-state index is 6.26. The molecule has 122 valence electrons. The zero-order valence-corrected chi connectivity index (χ0v) is 13.7. The minimum Gasteiger partial charge on any atom is -0.383 e. The number of hydrogen-bond donors (Lipinski definition) is 1. The second-order valence-corrected chi connectivity index (χ2v) is 7.21. The molecule has 1 saturated heterocycles. The number of nitrogens with one attached hydrogen (secondary N) is 1. The van der Waals surface area contributed by atoms with Gasteiger partial charge in [0.05, 0.1) is 18.8 Å². The van der Waals surface area contributed by atoms with E-state index in [-0.39, 0.29) is 0 Å². The monoisotopic (exact) mass is 296 g/mol. The first-order valence-corrected chi connectivity index (χ1v) is 8.88. The average Bonchev–Trinajstić information content (AvgIpc) is 3.40. The van der Waals surface area contributed by atoms with Gasteiger partial charge in [0.15, 0.2) is 0 Å². The summed E-state index contributed by atoms with van der Waals surface area (Å²) >= 11 is 0. The first kappa shape index (κ1) is 15.7. The van der Waals surface area contributed by atoms with E-state index in [1.807, 2.05) is 0 Å². The van der Waals surface area contributed by atoms with Crippen molar-refractivity contribution in [3.05, 3.63) is 0 Å². The number of rotatable bonds is 10. The van der Waals surface area contributed by atoms with Crippen molar-refractivity contribution in [2.45, 2.75) is 69.7 Å². The van der Waals surface area contributed by atoms with Crippen LogP contribution in [0.3, 0.4) is 0 Å². The van der Waals surface area contributed by atoms with Crippen LogP contribution in [0.5, 0.6) is 0 Å². The van der Waals surface area contributed by atoms with Crippen molar-refractivity contribution in [3.8, 4) is 0 Å². The Morgan fingerprint density at radius 1 is 1.14 bits per heavy atom. The molecule has 0 radical (unpaired) electrons. The van der Waals surface area contributed by atoms with E-state index in [9.17, 15) is 0 Å². The van der Waals surface area contributed by atoms with Crippen LogP contribution in [-0.2, 0) is 9.47 Å². The highest BCUT2D eigenvalue weighted by atomic mass is 16.5. The Hall–Kier alpha value is -0.160. The lowest BCUT2D eigenvalue weighted by molar-refractivity contribution is 0.00749. The second kappa shape index (κ2) is 7.40. The van der Waals surface area contributed by atoms with Crippen LogP contribution in [0, 0.1) is 5.92 Å². The Bertz CT molecular complexity index is 318. The highest BCUT2D eigenvalue weighted by molar-refractivity contribution is 4.88. The molecule has 3 rings (SSSR count). The highest BCUT2D eigenvalue weighted by Gasteiger charge is 2.35. The summed E-state index contributed by atoms with van der Waals surface area (Å²) in [6.07, 6.45) is 8.84. The van der Waals surface area contributed by atoms with Gasteiger partial charge in [-0.1, -0.05) is 0 Å². The lowest BCUT2D eigenvalue weighted by atomic mass is 10.1. The average molecular weight is 296 g/mol. The van der Waals surface area contributed by atoms with Crippen LogP contribution < -0.4 is 5.32 Å². The van der Waals surface area contributed by atoms with E-state index in [0.717, 1.165) is 38.2 Å². The van der Waals surface area contributed by atoms with E-state index in [0.29, 0.717) is 18.2 Å². The van der Waals surface area contributed by atoms with Gasteiger partial charge in [0.1, 0.15) is 0 Å². The highest BCUT2D eigenvalue weighted by Crippen LogP contribution is 2.35. The summed E-state index contributed by atoms with van der Waals surface area (Å²) in [6, 6.07) is 1.48. The van der Waals surface area contributed by atoms with Crippen molar-refractivity contribution >= 4 is 0 Å². The molecule has 4 nitrogen and oxygen atoms in total. The summed E-state index contributed by atoms with van der Waals surface area (Å²) in [5.41, 5.74) is 0. The molecule has 3 fully saturated rings. The maximum Gasteiger partial charge on any atom is 0.0707 e. The summed E-state index contributed by atoms with van der Waals surface area (Å²) in [4.78, 5) is 2.60. The molecule has 0 aromatic heterocycles. The molecule has 3 aliphatic rings. The molecular formula is C17H32N2O2. The van der Waals surface area contributed by atoms with Gasteiger partial charge in [0, 0.05) is 38.8 Å². The summed E-state index contributed by atoms with van der Waals surface area (Å²) in [7, 11) is 1.80. The van der Waals surface area contributed by atoms with Crippen LogP contribution in [-0.4, -0.2) is 62.5 Å². The molecule has 3 unspecified atom stereocenters. The lowest BCUT2D eigenvalue weighted by Gasteiger charge is -2.31. The predicted molar refractivity (Wildman–Crippen MR) is 84.6 cm³/mol. The molecule has 1 heterocycles. The van der Waals surface area contributed by atoms with Gasteiger partial charge < -0.3 is 14.8 Å². The molecule has 2 saturated carbocycles. The number of nitrogens with zero attached hydrogens (tertiary/aromatic N) is 1. The Kier molecular flexibility index (Phi) is 5.54. The van der Waals surface area contributed by atoms with Crippen LogP contribution >= 0.6 is 0 Å². The Labute approximate surface area is 129 Å². The van der Waals surface area contributed by atoms with Gasteiger partial charge >= 0.3 is 0 Å². The van der Waals surface area contributed by atoms with Gasteiger partial charge in [-0.2, -0.15) is 0 Å². The van der Waals surface area contributed by atoms with Gasteiger partial charge in [-0.25, -0.2) is 0 Å². The van der Waals surface area contributed by atoms with E-state index in [1.54, 1.807) is 7.11 Å². The minimum atomic E-state index is 0.425. The fourth-order valence-corrected chi connectivity index (χ4v) is 3.46. The molecule has 2 aliphatic carbocycles. The SMILES string of the molecule is COCCN(CC1CCC(CNC2CC2)O1)C(C)C1CC1. The van der Waals surface area contributed by atoms with Crippen molar-refractivity contribution in [1.29, 1.82) is 0 Å². The zero-order chi connectivity index (χ0) is 14.7.